The number of rotatable bonds is 5. The first-order valence-corrected chi connectivity index (χ1v) is 9.20. The molecule has 2 aliphatic rings. The van der Waals surface area contributed by atoms with Crippen LogP contribution in [-0.2, 0) is 6.54 Å². The molecule has 21 heavy (non-hydrogen) atoms. The first kappa shape index (κ1) is 15.0. The third-order valence-electron chi connectivity index (χ3n) is 4.67. The Morgan fingerprint density at radius 3 is 2.52 bits per heavy atom. The highest BCUT2D eigenvalue weighted by Gasteiger charge is 2.22. The fourth-order valence-electron chi connectivity index (χ4n) is 3.34. The molecular formula is C17H25NO2S. The van der Waals surface area contributed by atoms with Gasteiger partial charge >= 0.3 is 0 Å². The SMILES string of the molecule is CSc1cc2c(cc1CNC(C)C1CCCC1)OCCO2. The van der Waals surface area contributed by atoms with Crippen LogP contribution in [0.5, 0.6) is 11.5 Å². The Bertz CT molecular complexity index is 486. The van der Waals surface area contributed by atoms with Gasteiger partial charge in [-0.1, -0.05) is 12.8 Å². The van der Waals surface area contributed by atoms with Crippen LogP contribution in [0, 0.1) is 5.92 Å². The van der Waals surface area contributed by atoms with Gasteiger partial charge in [-0.15, -0.1) is 11.8 Å². The molecule has 4 heteroatoms. The highest BCUT2D eigenvalue weighted by atomic mass is 32.2. The van der Waals surface area contributed by atoms with Gasteiger partial charge in [-0.2, -0.15) is 0 Å². The van der Waals surface area contributed by atoms with Gasteiger partial charge in [0.05, 0.1) is 0 Å². The summed E-state index contributed by atoms with van der Waals surface area (Å²) in [5.41, 5.74) is 1.32. The number of thioether (sulfide) groups is 1. The molecule has 0 spiro atoms. The summed E-state index contributed by atoms with van der Waals surface area (Å²) in [4.78, 5) is 1.28. The molecule has 1 aromatic rings. The van der Waals surface area contributed by atoms with Gasteiger partial charge < -0.3 is 14.8 Å². The van der Waals surface area contributed by atoms with Crippen molar-refractivity contribution in [2.75, 3.05) is 19.5 Å². The average Bonchev–Trinajstić information content (AvgIpc) is 3.06. The van der Waals surface area contributed by atoms with Gasteiger partial charge in [-0.25, -0.2) is 0 Å². The van der Waals surface area contributed by atoms with Crippen LogP contribution in [0.2, 0.25) is 0 Å². The van der Waals surface area contributed by atoms with Crippen molar-refractivity contribution in [1.82, 2.24) is 5.32 Å². The standard InChI is InChI=1S/C17H25NO2S/c1-12(13-5-3-4-6-13)18-11-14-9-15-16(10-17(14)21-2)20-8-7-19-15/h9-10,12-13,18H,3-8,11H2,1-2H3. The van der Waals surface area contributed by atoms with E-state index in [0.29, 0.717) is 19.3 Å². The Hall–Kier alpha value is -0.870. The lowest BCUT2D eigenvalue weighted by Crippen LogP contribution is -2.32. The minimum absolute atomic E-state index is 0.593. The maximum absolute atomic E-state index is 5.71. The summed E-state index contributed by atoms with van der Waals surface area (Å²) in [6.07, 6.45) is 7.68. The van der Waals surface area contributed by atoms with Gasteiger partial charge in [0, 0.05) is 17.5 Å². The minimum Gasteiger partial charge on any atom is -0.486 e. The highest BCUT2D eigenvalue weighted by Crippen LogP contribution is 2.36. The quantitative estimate of drug-likeness (QED) is 0.837. The van der Waals surface area contributed by atoms with E-state index < -0.39 is 0 Å². The van der Waals surface area contributed by atoms with E-state index in [4.69, 9.17) is 9.47 Å². The van der Waals surface area contributed by atoms with Crippen molar-refractivity contribution < 1.29 is 9.47 Å². The minimum atomic E-state index is 0.593. The zero-order valence-electron chi connectivity index (χ0n) is 13.0. The van der Waals surface area contributed by atoms with Crippen molar-refractivity contribution in [1.29, 1.82) is 0 Å². The first-order chi connectivity index (χ1) is 10.3. The van der Waals surface area contributed by atoms with Gasteiger partial charge in [0.1, 0.15) is 13.2 Å². The first-order valence-electron chi connectivity index (χ1n) is 7.98. The molecule has 0 bridgehead atoms. The smallest absolute Gasteiger partial charge is 0.162 e. The van der Waals surface area contributed by atoms with Gasteiger partial charge in [0.25, 0.3) is 0 Å². The molecule has 1 aliphatic heterocycles. The topological polar surface area (TPSA) is 30.5 Å². The van der Waals surface area contributed by atoms with Gasteiger partial charge in [-0.3, -0.25) is 0 Å². The van der Waals surface area contributed by atoms with Crippen LogP contribution < -0.4 is 14.8 Å². The molecule has 1 N–H and O–H groups in total. The Labute approximate surface area is 131 Å². The molecule has 3 rings (SSSR count). The van der Waals surface area contributed by atoms with Gasteiger partial charge in [0.15, 0.2) is 11.5 Å². The van der Waals surface area contributed by atoms with E-state index in [1.165, 1.54) is 36.1 Å². The third-order valence-corrected chi connectivity index (χ3v) is 5.49. The zero-order chi connectivity index (χ0) is 14.7. The third kappa shape index (κ3) is 3.49. The molecule has 1 unspecified atom stereocenters. The summed E-state index contributed by atoms with van der Waals surface area (Å²) < 4.78 is 11.4. The molecule has 1 heterocycles. The van der Waals surface area contributed by atoms with Crippen LogP contribution in [0.15, 0.2) is 17.0 Å². The van der Waals surface area contributed by atoms with Crippen LogP contribution in [0.1, 0.15) is 38.2 Å². The Morgan fingerprint density at radius 1 is 1.19 bits per heavy atom. The van der Waals surface area contributed by atoms with Crippen molar-refractivity contribution in [2.45, 2.75) is 50.1 Å². The lowest BCUT2D eigenvalue weighted by atomic mass is 9.99. The molecule has 0 saturated heterocycles. The van der Waals surface area contributed by atoms with E-state index in [0.717, 1.165) is 24.0 Å². The lowest BCUT2D eigenvalue weighted by Gasteiger charge is -2.23. The maximum Gasteiger partial charge on any atom is 0.162 e. The zero-order valence-corrected chi connectivity index (χ0v) is 13.8. The fourth-order valence-corrected chi connectivity index (χ4v) is 3.95. The van der Waals surface area contributed by atoms with E-state index in [2.05, 4.69) is 30.6 Å². The number of hydrogen-bond donors (Lipinski definition) is 1. The highest BCUT2D eigenvalue weighted by molar-refractivity contribution is 7.98. The summed E-state index contributed by atoms with van der Waals surface area (Å²) >= 11 is 1.78. The Balaban J connectivity index is 1.68. The molecule has 1 aliphatic carbocycles. The van der Waals surface area contributed by atoms with Crippen LogP contribution in [0.25, 0.3) is 0 Å². The fraction of sp³-hybridized carbons (Fsp3) is 0.647. The molecule has 3 nitrogen and oxygen atoms in total. The van der Waals surface area contributed by atoms with Crippen molar-refractivity contribution in [3.63, 3.8) is 0 Å². The monoisotopic (exact) mass is 307 g/mol. The van der Waals surface area contributed by atoms with E-state index in [1.807, 2.05) is 0 Å². The normalized spacial score (nSPS) is 19.7. The van der Waals surface area contributed by atoms with E-state index >= 15 is 0 Å². The van der Waals surface area contributed by atoms with Crippen LogP contribution in [0.3, 0.4) is 0 Å². The van der Waals surface area contributed by atoms with Crippen molar-refractivity contribution in [2.24, 2.45) is 5.92 Å². The summed E-state index contributed by atoms with van der Waals surface area (Å²) in [6, 6.07) is 4.86. The lowest BCUT2D eigenvalue weighted by molar-refractivity contribution is 0.171. The molecule has 116 valence electrons. The molecule has 1 atom stereocenters. The second-order valence-electron chi connectivity index (χ2n) is 6.02. The molecule has 1 aromatic carbocycles. The van der Waals surface area contributed by atoms with Crippen molar-refractivity contribution >= 4 is 11.8 Å². The predicted octanol–water partition coefficient (Wildman–Crippen LogP) is 3.85. The molecule has 1 fully saturated rings. The number of nitrogens with one attached hydrogen (secondary N) is 1. The second-order valence-corrected chi connectivity index (χ2v) is 6.87. The largest absolute Gasteiger partial charge is 0.486 e. The second kappa shape index (κ2) is 6.93. The predicted molar refractivity (Wildman–Crippen MR) is 87.5 cm³/mol. The van der Waals surface area contributed by atoms with E-state index in [1.54, 1.807) is 11.8 Å². The maximum atomic E-state index is 5.71. The van der Waals surface area contributed by atoms with Crippen LogP contribution in [0.4, 0.5) is 0 Å². The van der Waals surface area contributed by atoms with Gasteiger partial charge in [0.2, 0.25) is 0 Å². The number of fused-ring (bicyclic) bond motifs is 1. The summed E-state index contributed by atoms with van der Waals surface area (Å²) in [5, 5.41) is 3.71. The molecule has 0 aromatic heterocycles. The van der Waals surface area contributed by atoms with Gasteiger partial charge in [-0.05, 0) is 49.6 Å². The summed E-state index contributed by atoms with van der Waals surface area (Å²) in [5.74, 6) is 2.63. The number of hydrogen-bond acceptors (Lipinski definition) is 4. The molecular weight excluding hydrogens is 282 g/mol. The van der Waals surface area contributed by atoms with Crippen LogP contribution >= 0.6 is 11.8 Å². The number of benzene rings is 1. The molecule has 0 radical (unpaired) electrons. The van der Waals surface area contributed by atoms with Crippen LogP contribution in [-0.4, -0.2) is 25.5 Å². The molecule has 0 amide bonds. The van der Waals surface area contributed by atoms with Crippen molar-refractivity contribution in [3.05, 3.63) is 17.7 Å². The Morgan fingerprint density at radius 2 is 1.86 bits per heavy atom. The summed E-state index contributed by atoms with van der Waals surface area (Å²) in [6.45, 7) is 4.53. The van der Waals surface area contributed by atoms with E-state index in [-0.39, 0.29) is 0 Å². The number of ether oxygens (including phenoxy) is 2. The Kier molecular flexibility index (Phi) is 4.96. The van der Waals surface area contributed by atoms with E-state index in [9.17, 15) is 0 Å². The summed E-state index contributed by atoms with van der Waals surface area (Å²) in [7, 11) is 0. The average molecular weight is 307 g/mol. The van der Waals surface area contributed by atoms with Crippen molar-refractivity contribution in [3.8, 4) is 11.5 Å². The molecule has 1 saturated carbocycles.